The molecule has 0 bridgehead atoms. The molecule has 0 fully saturated rings. The number of amides is 1. The fourth-order valence-corrected chi connectivity index (χ4v) is 3.03. The molecule has 0 saturated heterocycles. The molecular weight excluding hydrogens is 340 g/mol. The molecule has 0 aliphatic rings. The third-order valence-corrected chi connectivity index (χ3v) is 4.59. The summed E-state index contributed by atoms with van der Waals surface area (Å²) in [5, 5.41) is 20.4. The Morgan fingerprint density at radius 2 is 1.92 bits per heavy atom. The largest absolute Gasteiger partial charge is 0.481 e. The molecule has 1 heterocycles. The van der Waals surface area contributed by atoms with Crippen LogP contribution in [0.15, 0.2) is 35.7 Å². The number of nitrogens with zero attached hydrogens (tertiary/aromatic N) is 3. The van der Waals surface area contributed by atoms with Crippen LogP contribution < -0.4 is 5.32 Å². The average Bonchev–Trinajstić information content (AvgIpc) is 3.03. The molecule has 2 rings (SSSR count). The minimum Gasteiger partial charge on any atom is -0.481 e. The summed E-state index contributed by atoms with van der Waals surface area (Å²) in [6.45, 7) is 5.73. The van der Waals surface area contributed by atoms with Gasteiger partial charge in [0.15, 0.2) is 5.16 Å². The fraction of sp³-hybridized carbons (Fsp3) is 0.412. The monoisotopic (exact) mass is 362 g/mol. The molecule has 2 N–H and O–H groups in total. The number of carbonyl (C=O) groups excluding carboxylic acids is 1. The van der Waals surface area contributed by atoms with Crippen molar-refractivity contribution in [2.45, 2.75) is 38.4 Å². The zero-order valence-corrected chi connectivity index (χ0v) is 15.3. The topological polar surface area (TPSA) is 97.1 Å². The Morgan fingerprint density at radius 3 is 2.52 bits per heavy atom. The normalized spacial score (nSPS) is 12.2. The Bertz CT molecular complexity index is 728. The number of carboxylic acids is 1. The Morgan fingerprint density at radius 1 is 1.24 bits per heavy atom. The molecule has 8 heteroatoms. The number of hydrogen-bond donors (Lipinski definition) is 2. The second-order valence-electron chi connectivity index (χ2n) is 6.09. The van der Waals surface area contributed by atoms with Gasteiger partial charge in [0.1, 0.15) is 6.33 Å². The third kappa shape index (κ3) is 5.60. The van der Waals surface area contributed by atoms with Crippen LogP contribution in [0.5, 0.6) is 0 Å². The molecule has 0 aliphatic heterocycles. The van der Waals surface area contributed by atoms with E-state index in [0.29, 0.717) is 17.3 Å². The summed E-state index contributed by atoms with van der Waals surface area (Å²) in [5.41, 5.74) is 1.61. The highest BCUT2D eigenvalue weighted by Crippen LogP contribution is 2.19. The third-order valence-electron chi connectivity index (χ3n) is 3.63. The van der Waals surface area contributed by atoms with Crippen molar-refractivity contribution < 1.29 is 14.7 Å². The molecule has 1 aromatic carbocycles. The van der Waals surface area contributed by atoms with Gasteiger partial charge in [-0.15, -0.1) is 10.2 Å². The summed E-state index contributed by atoms with van der Waals surface area (Å²) in [6.07, 6.45) is 2.12. The van der Waals surface area contributed by atoms with Crippen molar-refractivity contribution >= 4 is 29.3 Å². The molecule has 0 saturated carbocycles. The van der Waals surface area contributed by atoms with Crippen molar-refractivity contribution in [2.24, 2.45) is 5.92 Å². The fourth-order valence-electron chi connectivity index (χ4n) is 2.18. The van der Waals surface area contributed by atoms with E-state index in [4.69, 9.17) is 5.11 Å². The molecule has 1 aromatic heterocycles. The summed E-state index contributed by atoms with van der Waals surface area (Å²) in [5.74, 6) is -1.14. The van der Waals surface area contributed by atoms with Crippen LogP contribution in [0.4, 0.5) is 5.69 Å². The van der Waals surface area contributed by atoms with Gasteiger partial charge in [0, 0.05) is 11.7 Å². The summed E-state index contributed by atoms with van der Waals surface area (Å²) in [4.78, 5) is 23.0. The molecule has 1 amide bonds. The molecule has 2 aromatic rings. The van der Waals surface area contributed by atoms with Gasteiger partial charge in [-0.1, -0.05) is 30.8 Å². The van der Waals surface area contributed by atoms with Crippen LogP contribution in [0.1, 0.15) is 32.4 Å². The Hall–Kier alpha value is -2.35. The summed E-state index contributed by atoms with van der Waals surface area (Å²) in [6, 6.07) is 7.46. The number of benzene rings is 1. The molecule has 0 aliphatic carbocycles. The smallest absolute Gasteiger partial charge is 0.306 e. The van der Waals surface area contributed by atoms with Gasteiger partial charge in [-0.2, -0.15) is 0 Å². The average molecular weight is 362 g/mol. The summed E-state index contributed by atoms with van der Waals surface area (Å²) < 4.78 is 1.91. The van der Waals surface area contributed by atoms with Crippen molar-refractivity contribution in [3.63, 3.8) is 0 Å². The maximum atomic E-state index is 12.1. The van der Waals surface area contributed by atoms with Crippen LogP contribution in [0.25, 0.3) is 0 Å². The van der Waals surface area contributed by atoms with Crippen LogP contribution >= 0.6 is 11.8 Å². The van der Waals surface area contributed by atoms with Crippen LogP contribution in [0.2, 0.25) is 0 Å². The SMILES string of the molecule is CC(Cc1ccc(NC(=O)CSc2nncn2C(C)C)cc1)C(=O)O. The minimum atomic E-state index is -0.816. The van der Waals surface area contributed by atoms with Gasteiger partial charge in [-0.05, 0) is 38.0 Å². The van der Waals surface area contributed by atoms with Crippen molar-refractivity contribution in [3.05, 3.63) is 36.2 Å². The lowest BCUT2D eigenvalue weighted by atomic mass is 10.0. The zero-order chi connectivity index (χ0) is 18.4. The molecule has 25 heavy (non-hydrogen) atoms. The van der Waals surface area contributed by atoms with E-state index in [2.05, 4.69) is 15.5 Å². The number of rotatable bonds is 8. The van der Waals surface area contributed by atoms with Gasteiger partial charge in [-0.3, -0.25) is 9.59 Å². The lowest BCUT2D eigenvalue weighted by Crippen LogP contribution is -2.15. The number of carboxylic acid groups (broad SMARTS) is 1. The number of hydrogen-bond acceptors (Lipinski definition) is 5. The van der Waals surface area contributed by atoms with Crippen LogP contribution in [-0.4, -0.2) is 37.5 Å². The predicted molar refractivity (Wildman–Crippen MR) is 96.7 cm³/mol. The van der Waals surface area contributed by atoms with E-state index in [1.54, 1.807) is 25.4 Å². The van der Waals surface area contributed by atoms with E-state index < -0.39 is 11.9 Å². The van der Waals surface area contributed by atoms with Gasteiger partial charge in [0.25, 0.3) is 0 Å². The Kier molecular flexibility index (Phi) is 6.58. The number of aromatic nitrogens is 3. The van der Waals surface area contributed by atoms with Gasteiger partial charge < -0.3 is 15.0 Å². The Balaban J connectivity index is 1.86. The number of nitrogens with one attached hydrogen (secondary N) is 1. The molecule has 0 radical (unpaired) electrons. The number of thioether (sulfide) groups is 1. The van der Waals surface area contributed by atoms with Crippen molar-refractivity contribution in [1.29, 1.82) is 0 Å². The van der Waals surface area contributed by atoms with E-state index in [9.17, 15) is 9.59 Å². The second kappa shape index (κ2) is 8.66. The van der Waals surface area contributed by atoms with Crippen molar-refractivity contribution in [3.8, 4) is 0 Å². The highest BCUT2D eigenvalue weighted by molar-refractivity contribution is 7.99. The standard InChI is InChI=1S/C17H22N4O3S/c1-11(2)21-10-18-20-17(21)25-9-15(22)19-14-6-4-13(5-7-14)8-12(3)16(23)24/h4-7,10-12H,8-9H2,1-3H3,(H,19,22)(H,23,24). The van der Waals surface area contributed by atoms with Crippen LogP contribution in [-0.2, 0) is 16.0 Å². The van der Waals surface area contributed by atoms with E-state index in [0.717, 1.165) is 5.56 Å². The first kappa shape index (κ1) is 19.0. The molecular formula is C17H22N4O3S. The van der Waals surface area contributed by atoms with Crippen molar-refractivity contribution in [1.82, 2.24) is 14.8 Å². The first-order chi connectivity index (χ1) is 11.9. The van der Waals surface area contributed by atoms with Gasteiger partial charge in [0.05, 0.1) is 11.7 Å². The van der Waals surface area contributed by atoms with Gasteiger partial charge in [0.2, 0.25) is 5.91 Å². The Labute approximate surface area is 150 Å². The summed E-state index contributed by atoms with van der Waals surface area (Å²) >= 11 is 1.34. The first-order valence-electron chi connectivity index (χ1n) is 8.00. The quantitative estimate of drug-likeness (QED) is 0.701. The van der Waals surface area contributed by atoms with E-state index >= 15 is 0 Å². The molecule has 134 valence electrons. The van der Waals surface area contributed by atoms with Crippen molar-refractivity contribution in [2.75, 3.05) is 11.1 Å². The minimum absolute atomic E-state index is 0.130. The number of carbonyl (C=O) groups is 2. The van der Waals surface area contributed by atoms with E-state index in [1.165, 1.54) is 11.8 Å². The van der Waals surface area contributed by atoms with Crippen LogP contribution in [0.3, 0.4) is 0 Å². The van der Waals surface area contributed by atoms with E-state index in [1.807, 2.05) is 30.5 Å². The molecule has 0 spiro atoms. The molecule has 1 atom stereocenters. The molecule has 7 nitrogen and oxygen atoms in total. The van der Waals surface area contributed by atoms with Crippen LogP contribution in [0, 0.1) is 5.92 Å². The number of anilines is 1. The number of aliphatic carboxylic acids is 1. The van der Waals surface area contributed by atoms with E-state index in [-0.39, 0.29) is 17.7 Å². The van der Waals surface area contributed by atoms with Gasteiger partial charge >= 0.3 is 5.97 Å². The lowest BCUT2D eigenvalue weighted by Gasteiger charge is -2.10. The van der Waals surface area contributed by atoms with Gasteiger partial charge in [-0.25, -0.2) is 0 Å². The first-order valence-corrected chi connectivity index (χ1v) is 8.99. The second-order valence-corrected chi connectivity index (χ2v) is 7.03. The maximum Gasteiger partial charge on any atom is 0.306 e. The zero-order valence-electron chi connectivity index (χ0n) is 14.5. The maximum absolute atomic E-state index is 12.1. The predicted octanol–water partition coefficient (Wildman–Crippen LogP) is 2.85. The summed E-state index contributed by atoms with van der Waals surface area (Å²) in [7, 11) is 0. The molecule has 1 unspecified atom stereocenters. The highest BCUT2D eigenvalue weighted by atomic mass is 32.2. The highest BCUT2D eigenvalue weighted by Gasteiger charge is 2.12. The lowest BCUT2D eigenvalue weighted by molar-refractivity contribution is -0.141.